The highest BCUT2D eigenvalue weighted by Gasteiger charge is 2.19. The Labute approximate surface area is 145 Å². The summed E-state index contributed by atoms with van der Waals surface area (Å²) in [6.45, 7) is 5.86. The van der Waals surface area contributed by atoms with Crippen LogP contribution in [0.2, 0.25) is 0 Å². The highest BCUT2D eigenvalue weighted by atomic mass is 16.3. The molecule has 0 radical (unpaired) electrons. The summed E-state index contributed by atoms with van der Waals surface area (Å²) in [5, 5.41) is 12.3. The molecule has 0 bridgehead atoms. The van der Waals surface area contributed by atoms with E-state index in [1.165, 1.54) is 0 Å². The minimum absolute atomic E-state index is 0.0505. The molecule has 2 rings (SSSR count). The van der Waals surface area contributed by atoms with Gasteiger partial charge in [0.25, 0.3) is 5.91 Å². The Hall–Kier alpha value is -2.03. The summed E-state index contributed by atoms with van der Waals surface area (Å²) >= 11 is 0. The molecule has 0 spiro atoms. The second-order valence-electron chi connectivity index (χ2n) is 6.39. The van der Waals surface area contributed by atoms with Gasteiger partial charge in [-0.15, -0.1) is 0 Å². The number of carbonyl (C=O) groups excluding carboxylic acids is 1. The summed E-state index contributed by atoms with van der Waals surface area (Å²) in [5.74, 6) is 0.0551. The van der Waals surface area contributed by atoms with Gasteiger partial charge in [-0.3, -0.25) is 4.79 Å². The molecule has 1 amide bonds. The Bertz CT molecular complexity index is 656. The third-order valence-electron chi connectivity index (χ3n) is 4.48. The Morgan fingerprint density at radius 1 is 0.917 bits per heavy atom. The zero-order valence-electron chi connectivity index (χ0n) is 14.9. The lowest BCUT2D eigenvalue weighted by atomic mass is 10.0. The molecule has 2 aromatic carbocycles. The van der Waals surface area contributed by atoms with Crippen molar-refractivity contribution < 1.29 is 9.90 Å². The van der Waals surface area contributed by atoms with Crippen molar-refractivity contribution in [3.8, 4) is 5.75 Å². The molecule has 0 atom stereocenters. The number of aromatic hydroxyl groups is 1. The molecule has 130 valence electrons. The fourth-order valence-corrected chi connectivity index (χ4v) is 3.02. The second kappa shape index (κ2) is 9.31. The van der Waals surface area contributed by atoms with E-state index >= 15 is 0 Å². The van der Waals surface area contributed by atoms with Crippen molar-refractivity contribution in [2.24, 2.45) is 0 Å². The number of phenols is 1. The Morgan fingerprint density at radius 2 is 1.54 bits per heavy atom. The SMILES string of the molecule is CCCCCN(CCCCC)C(=O)c1ccc2ccccc2c1O. The number of hydrogen-bond donors (Lipinski definition) is 1. The van der Waals surface area contributed by atoms with E-state index in [2.05, 4.69) is 13.8 Å². The molecule has 0 fully saturated rings. The molecule has 24 heavy (non-hydrogen) atoms. The molecule has 2 aromatic rings. The first-order valence-electron chi connectivity index (χ1n) is 9.19. The molecule has 0 aromatic heterocycles. The van der Waals surface area contributed by atoms with Crippen molar-refractivity contribution in [1.29, 1.82) is 0 Å². The van der Waals surface area contributed by atoms with Crippen LogP contribution in [0.3, 0.4) is 0 Å². The van der Waals surface area contributed by atoms with Crippen molar-refractivity contribution in [3.05, 3.63) is 42.0 Å². The summed E-state index contributed by atoms with van der Waals surface area (Å²) in [4.78, 5) is 14.9. The third-order valence-corrected chi connectivity index (χ3v) is 4.48. The molecule has 0 unspecified atom stereocenters. The quantitative estimate of drug-likeness (QED) is 0.629. The first-order chi connectivity index (χ1) is 11.7. The highest BCUT2D eigenvalue weighted by molar-refractivity contribution is 6.03. The molecule has 0 aliphatic heterocycles. The van der Waals surface area contributed by atoms with E-state index in [1.54, 1.807) is 6.07 Å². The summed E-state index contributed by atoms with van der Waals surface area (Å²) in [6, 6.07) is 11.3. The van der Waals surface area contributed by atoms with Gasteiger partial charge in [0.05, 0.1) is 5.56 Å². The lowest BCUT2D eigenvalue weighted by Crippen LogP contribution is -2.33. The fraction of sp³-hybridized carbons (Fsp3) is 0.476. The van der Waals surface area contributed by atoms with Crippen molar-refractivity contribution in [2.45, 2.75) is 52.4 Å². The van der Waals surface area contributed by atoms with E-state index in [4.69, 9.17) is 0 Å². The maximum atomic E-state index is 13.0. The standard InChI is InChI=1S/C21H29NO2/c1-3-5-9-15-22(16-10-6-4-2)21(24)19-14-13-17-11-7-8-12-18(17)20(19)23/h7-8,11-14,23H,3-6,9-10,15-16H2,1-2H3. The summed E-state index contributed by atoms with van der Waals surface area (Å²) in [6.07, 6.45) is 6.56. The highest BCUT2D eigenvalue weighted by Crippen LogP contribution is 2.29. The minimum atomic E-state index is -0.0505. The van der Waals surface area contributed by atoms with Crippen molar-refractivity contribution in [1.82, 2.24) is 4.90 Å². The second-order valence-corrected chi connectivity index (χ2v) is 6.39. The van der Waals surface area contributed by atoms with Gasteiger partial charge in [-0.05, 0) is 24.3 Å². The molecule has 0 aliphatic carbocycles. The zero-order valence-corrected chi connectivity index (χ0v) is 14.9. The molecule has 3 nitrogen and oxygen atoms in total. The van der Waals surface area contributed by atoms with Gasteiger partial charge in [0.15, 0.2) is 0 Å². The number of hydrogen-bond acceptors (Lipinski definition) is 2. The molecular formula is C21H29NO2. The van der Waals surface area contributed by atoms with Crippen LogP contribution < -0.4 is 0 Å². The third kappa shape index (κ3) is 4.50. The van der Waals surface area contributed by atoms with Crippen LogP contribution in [0, 0.1) is 0 Å². The van der Waals surface area contributed by atoms with Crippen molar-refractivity contribution in [3.63, 3.8) is 0 Å². The van der Waals surface area contributed by atoms with Gasteiger partial charge in [-0.1, -0.05) is 69.9 Å². The Kier molecular flexibility index (Phi) is 7.10. The van der Waals surface area contributed by atoms with Gasteiger partial charge < -0.3 is 10.0 Å². The fourth-order valence-electron chi connectivity index (χ4n) is 3.02. The molecule has 3 heteroatoms. The van der Waals surface area contributed by atoms with Crippen molar-refractivity contribution in [2.75, 3.05) is 13.1 Å². The molecular weight excluding hydrogens is 298 g/mol. The predicted molar refractivity (Wildman–Crippen MR) is 101 cm³/mol. The maximum absolute atomic E-state index is 13.0. The van der Waals surface area contributed by atoms with Crippen LogP contribution in [0.15, 0.2) is 36.4 Å². The Balaban J connectivity index is 2.22. The number of carbonyl (C=O) groups is 1. The lowest BCUT2D eigenvalue weighted by molar-refractivity contribution is 0.0747. The van der Waals surface area contributed by atoms with E-state index < -0.39 is 0 Å². The van der Waals surface area contributed by atoms with Gasteiger partial charge in [-0.25, -0.2) is 0 Å². The zero-order chi connectivity index (χ0) is 17.4. The van der Waals surface area contributed by atoms with Crippen LogP contribution in [0.5, 0.6) is 5.75 Å². The van der Waals surface area contributed by atoms with Gasteiger partial charge in [0.2, 0.25) is 0 Å². The van der Waals surface area contributed by atoms with Crippen LogP contribution in [-0.4, -0.2) is 29.0 Å². The van der Waals surface area contributed by atoms with Crippen LogP contribution in [0.25, 0.3) is 10.8 Å². The smallest absolute Gasteiger partial charge is 0.257 e. The van der Waals surface area contributed by atoms with Crippen molar-refractivity contribution >= 4 is 16.7 Å². The average molecular weight is 327 g/mol. The normalized spacial score (nSPS) is 10.9. The van der Waals surface area contributed by atoms with Gasteiger partial charge >= 0.3 is 0 Å². The predicted octanol–water partition coefficient (Wildman–Crippen LogP) is 5.37. The maximum Gasteiger partial charge on any atom is 0.257 e. The van der Waals surface area contributed by atoms with Gasteiger partial charge in [-0.2, -0.15) is 0 Å². The van der Waals surface area contributed by atoms with E-state index in [9.17, 15) is 9.90 Å². The topological polar surface area (TPSA) is 40.5 Å². The summed E-state index contributed by atoms with van der Waals surface area (Å²) < 4.78 is 0. The summed E-state index contributed by atoms with van der Waals surface area (Å²) in [5.41, 5.74) is 0.418. The first kappa shape index (κ1) is 18.3. The van der Waals surface area contributed by atoms with E-state index in [1.807, 2.05) is 35.2 Å². The number of rotatable bonds is 9. The molecule has 0 saturated heterocycles. The van der Waals surface area contributed by atoms with Crippen LogP contribution >= 0.6 is 0 Å². The van der Waals surface area contributed by atoms with Crippen LogP contribution in [-0.2, 0) is 0 Å². The minimum Gasteiger partial charge on any atom is -0.506 e. The number of benzene rings is 2. The van der Waals surface area contributed by atoms with Crippen LogP contribution in [0.4, 0.5) is 0 Å². The van der Waals surface area contributed by atoms with E-state index in [0.29, 0.717) is 5.56 Å². The number of unbranched alkanes of at least 4 members (excludes halogenated alkanes) is 4. The number of nitrogens with zero attached hydrogens (tertiary/aromatic N) is 1. The molecule has 0 aliphatic rings. The average Bonchev–Trinajstić information content (AvgIpc) is 2.61. The largest absolute Gasteiger partial charge is 0.506 e. The van der Waals surface area contributed by atoms with Crippen LogP contribution in [0.1, 0.15) is 62.7 Å². The molecule has 0 heterocycles. The van der Waals surface area contributed by atoms with Gasteiger partial charge in [0.1, 0.15) is 5.75 Å². The number of fused-ring (bicyclic) bond motifs is 1. The van der Waals surface area contributed by atoms with E-state index in [-0.39, 0.29) is 11.7 Å². The first-order valence-corrected chi connectivity index (χ1v) is 9.19. The molecule has 0 saturated carbocycles. The van der Waals surface area contributed by atoms with Gasteiger partial charge in [0, 0.05) is 18.5 Å². The van der Waals surface area contributed by atoms with E-state index in [0.717, 1.165) is 62.4 Å². The summed E-state index contributed by atoms with van der Waals surface area (Å²) in [7, 11) is 0. The molecule has 1 N–H and O–H groups in total. The Morgan fingerprint density at radius 3 is 2.17 bits per heavy atom. The number of phenolic OH excluding ortho intramolecular Hbond substituents is 1. The monoisotopic (exact) mass is 327 g/mol. The number of amides is 1. The lowest BCUT2D eigenvalue weighted by Gasteiger charge is -2.23.